The van der Waals surface area contributed by atoms with Crippen molar-refractivity contribution >= 4 is 0 Å². The van der Waals surface area contributed by atoms with Crippen LogP contribution in [0.3, 0.4) is 0 Å². The minimum atomic E-state index is 0.131. The number of rotatable bonds is 5. The molecule has 3 rings (SSSR count). The fourth-order valence-electron chi connectivity index (χ4n) is 1.93. The maximum absolute atomic E-state index is 8.90. The van der Waals surface area contributed by atoms with Gasteiger partial charge < -0.3 is 9.84 Å². The van der Waals surface area contributed by atoms with E-state index in [9.17, 15) is 0 Å². The fraction of sp³-hybridized carbons (Fsp3) is 0.133. The Hall–Kier alpha value is -2.73. The van der Waals surface area contributed by atoms with E-state index in [0.29, 0.717) is 18.2 Å². The Labute approximate surface area is 121 Å². The van der Waals surface area contributed by atoms with Gasteiger partial charge in [0, 0.05) is 6.61 Å². The van der Waals surface area contributed by atoms with Crippen molar-refractivity contribution in [3.8, 4) is 17.4 Å². The molecule has 1 heterocycles. The Bertz CT molecular complexity index is 695. The maximum atomic E-state index is 8.90. The minimum absolute atomic E-state index is 0.131. The predicted octanol–water partition coefficient (Wildman–Crippen LogP) is 1.99. The molecule has 3 aromatic rings. The molecule has 0 saturated carbocycles. The average Bonchev–Trinajstić information content (AvgIpc) is 2.98. The lowest BCUT2D eigenvalue weighted by atomic mass is 10.1. The van der Waals surface area contributed by atoms with Crippen molar-refractivity contribution in [1.29, 1.82) is 0 Å². The van der Waals surface area contributed by atoms with Crippen molar-refractivity contribution in [2.45, 2.75) is 6.42 Å². The zero-order chi connectivity index (χ0) is 14.5. The molecule has 1 aromatic heterocycles. The lowest BCUT2D eigenvalue weighted by molar-refractivity contribution is 0.299. The number of nitrogens with zero attached hydrogens (tertiary/aromatic N) is 4. The molecule has 0 aliphatic carbocycles. The van der Waals surface area contributed by atoms with Crippen molar-refractivity contribution in [3.05, 3.63) is 60.2 Å². The van der Waals surface area contributed by atoms with Gasteiger partial charge in [-0.1, -0.05) is 35.4 Å². The quantitative estimate of drug-likeness (QED) is 0.774. The number of hydrogen-bond donors (Lipinski definition) is 1. The summed E-state index contributed by atoms with van der Waals surface area (Å²) in [5.74, 6) is 0.642. The van der Waals surface area contributed by atoms with Crippen LogP contribution in [0.4, 0.5) is 0 Å². The predicted molar refractivity (Wildman–Crippen MR) is 76.5 cm³/mol. The van der Waals surface area contributed by atoms with Crippen molar-refractivity contribution in [2.24, 2.45) is 0 Å². The third kappa shape index (κ3) is 3.06. The van der Waals surface area contributed by atoms with Crippen molar-refractivity contribution in [2.75, 3.05) is 6.61 Å². The second kappa shape index (κ2) is 6.15. The smallest absolute Gasteiger partial charge is 0.345 e. The van der Waals surface area contributed by atoms with E-state index in [1.807, 2.05) is 54.6 Å². The molecule has 1 N–H and O–H groups in total. The number of ether oxygens (including phenoxy) is 1. The highest BCUT2D eigenvalue weighted by atomic mass is 16.5. The number of tetrazole rings is 1. The number of aliphatic hydroxyl groups excluding tert-OH is 1. The summed E-state index contributed by atoms with van der Waals surface area (Å²) in [5, 5.41) is 20.4. The normalized spacial score (nSPS) is 10.5. The first-order valence-electron chi connectivity index (χ1n) is 6.58. The lowest BCUT2D eigenvalue weighted by Crippen LogP contribution is -2.00. The molecule has 106 valence electrons. The van der Waals surface area contributed by atoms with Crippen molar-refractivity contribution < 1.29 is 9.84 Å². The second-order valence-corrected chi connectivity index (χ2v) is 4.43. The SMILES string of the molecule is OCCc1ccc(Oc2nnnn2-c2ccccc2)cc1. The van der Waals surface area contributed by atoms with Crippen LogP contribution in [0.25, 0.3) is 5.69 Å². The Morgan fingerprint density at radius 2 is 1.76 bits per heavy atom. The monoisotopic (exact) mass is 282 g/mol. The van der Waals surface area contributed by atoms with Crippen LogP contribution in [0.2, 0.25) is 0 Å². The average molecular weight is 282 g/mol. The van der Waals surface area contributed by atoms with E-state index in [0.717, 1.165) is 11.3 Å². The van der Waals surface area contributed by atoms with E-state index >= 15 is 0 Å². The van der Waals surface area contributed by atoms with Crippen molar-refractivity contribution in [3.63, 3.8) is 0 Å². The Balaban J connectivity index is 1.81. The molecule has 2 aromatic carbocycles. The first kappa shape index (κ1) is 13.3. The van der Waals surface area contributed by atoms with Crippen molar-refractivity contribution in [1.82, 2.24) is 20.2 Å². The number of aromatic nitrogens is 4. The van der Waals surface area contributed by atoms with Crippen LogP contribution in [0.1, 0.15) is 5.56 Å². The lowest BCUT2D eigenvalue weighted by Gasteiger charge is -2.06. The topological polar surface area (TPSA) is 73.1 Å². The fourth-order valence-corrected chi connectivity index (χ4v) is 1.93. The molecule has 0 aliphatic heterocycles. The molecule has 0 atom stereocenters. The largest absolute Gasteiger partial charge is 0.423 e. The van der Waals surface area contributed by atoms with Crippen LogP contribution in [0.15, 0.2) is 54.6 Å². The summed E-state index contributed by atoms with van der Waals surface area (Å²) in [6, 6.07) is 17.3. The van der Waals surface area contributed by atoms with Crippen LogP contribution in [0, 0.1) is 0 Å². The summed E-state index contributed by atoms with van der Waals surface area (Å²) < 4.78 is 7.23. The molecular weight excluding hydrogens is 268 g/mol. The van der Waals surface area contributed by atoms with Gasteiger partial charge in [0.1, 0.15) is 5.75 Å². The van der Waals surface area contributed by atoms with Gasteiger partial charge in [0.25, 0.3) is 0 Å². The summed E-state index contributed by atoms with van der Waals surface area (Å²) in [4.78, 5) is 0. The molecular formula is C15H14N4O2. The Morgan fingerprint density at radius 1 is 1.00 bits per heavy atom. The molecule has 0 saturated heterocycles. The van der Waals surface area contributed by atoms with Gasteiger partial charge in [-0.15, -0.1) is 0 Å². The molecule has 0 bridgehead atoms. The minimum Gasteiger partial charge on any atom is -0.423 e. The molecule has 21 heavy (non-hydrogen) atoms. The van der Waals surface area contributed by atoms with E-state index < -0.39 is 0 Å². The van der Waals surface area contributed by atoms with E-state index in [1.165, 1.54) is 4.68 Å². The molecule has 6 heteroatoms. The Kier molecular flexibility index (Phi) is 3.88. The molecule has 0 spiro atoms. The number of para-hydroxylation sites is 1. The third-order valence-electron chi connectivity index (χ3n) is 2.97. The van der Waals surface area contributed by atoms with Crippen LogP contribution in [-0.2, 0) is 6.42 Å². The standard InChI is InChI=1S/C15H14N4O2/c20-11-10-12-6-8-14(9-7-12)21-15-16-17-18-19(15)13-4-2-1-3-5-13/h1-9,20H,10-11H2. The molecule has 6 nitrogen and oxygen atoms in total. The maximum Gasteiger partial charge on any atom is 0.345 e. The van der Waals surface area contributed by atoms with Gasteiger partial charge in [-0.25, -0.2) is 0 Å². The highest BCUT2D eigenvalue weighted by molar-refractivity contribution is 5.34. The molecule has 0 amide bonds. The third-order valence-corrected chi connectivity index (χ3v) is 2.97. The van der Waals surface area contributed by atoms with Gasteiger partial charge in [-0.2, -0.15) is 4.68 Å². The van der Waals surface area contributed by atoms with Crippen LogP contribution < -0.4 is 4.74 Å². The summed E-state index contributed by atoms with van der Waals surface area (Å²) in [5.41, 5.74) is 1.88. The van der Waals surface area contributed by atoms with E-state index in [2.05, 4.69) is 15.5 Å². The van der Waals surface area contributed by atoms with Gasteiger partial charge in [0.05, 0.1) is 5.69 Å². The summed E-state index contributed by atoms with van der Waals surface area (Å²) >= 11 is 0. The van der Waals surface area contributed by atoms with E-state index in [1.54, 1.807) is 0 Å². The first-order valence-corrected chi connectivity index (χ1v) is 6.58. The Morgan fingerprint density at radius 3 is 2.48 bits per heavy atom. The summed E-state index contributed by atoms with van der Waals surface area (Å²) in [7, 11) is 0. The van der Waals surface area contributed by atoms with Gasteiger partial charge in [-0.3, -0.25) is 0 Å². The highest BCUT2D eigenvalue weighted by Crippen LogP contribution is 2.21. The molecule has 0 unspecified atom stereocenters. The number of hydrogen-bond acceptors (Lipinski definition) is 5. The molecule has 0 aliphatic rings. The zero-order valence-electron chi connectivity index (χ0n) is 11.3. The van der Waals surface area contributed by atoms with Gasteiger partial charge in [-0.05, 0) is 46.7 Å². The number of aliphatic hydroxyl groups is 1. The summed E-state index contributed by atoms with van der Waals surface area (Å²) in [6.07, 6.45) is 0.627. The second-order valence-electron chi connectivity index (χ2n) is 4.43. The van der Waals surface area contributed by atoms with Crippen LogP contribution >= 0.6 is 0 Å². The number of benzene rings is 2. The van der Waals surface area contributed by atoms with E-state index in [4.69, 9.17) is 9.84 Å². The highest BCUT2D eigenvalue weighted by Gasteiger charge is 2.10. The zero-order valence-corrected chi connectivity index (χ0v) is 11.3. The van der Waals surface area contributed by atoms with Crippen LogP contribution in [0.5, 0.6) is 11.8 Å². The molecule has 0 radical (unpaired) electrons. The van der Waals surface area contributed by atoms with Crippen LogP contribution in [-0.4, -0.2) is 31.9 Å². The first-order chi connectivity index (χ1) is 10.4. The summed E-state index contributed by atoms with van der Waals surface area (Å²) in [6.45, 7) is 0.131. The van der Waals surface area contributed by atoms with E-state index in [-0.39, 0.29) is 6.61 Å². The molecule has 0 fully saturated rings. The van der Waals surface area contributed by atoms with Gasteiger partial charge in [0.2, 0.25) is 0 Å². The van der Waals surface area contributed by atoms with Gasteiger partial charge in [0.15, 0.2) is 0 Å². The van der Waals surface area contributed by atoms with Gasteiger partial charge >= 0.3 is 6.01 Å².